The topological polar surface area (TPSA) is 44.8 Å². The molecule has 5 heteroatoms. The van der Waals surface area contributed by atoms with Crippen molar-refractivity contribution in [2.45, 2.75) is 111 Å². The summed E-state index contributed by atoms with van der Waals surface area (Å²) in [4.78, 5) is 14.1. The van der Waals surface area contributed by atoms with E-state index in [1.165, 1.54) is 12.0 Å². The van der Waals surface area contributed by atoms with Crippen LogP contribution in [0.5, 0.6) is 5.75 Å². The van der Waals surface area contributed by atoms with Crippen molar-refractivity contribution in [3.63, 3.8) is 0 Å². The number of Topliss-reactive ketones (excluding diaryl/α,β-unsaturated/α-hetero) is 1. The van der Waals surface area contributed by atoms with Gasteiger partial charge in [-0.3, -0.25) is 4.79 Å². The van der Waals surface area contributed by atoms with Gasteiger partial charge in [0, 0.05) is 18.4 Å². The Morgan fingerprint density at radius 2 is 1.89 bits per heavy atom. The summed E-state index contributed by atoms with van der Waals surface area (Å²) >= 11 is 0. The highest BCUT2D eigenvalue weighted by Gasteiger charge is 2.67. The van der Waals surface area contributed by atoms with Crippen molar-refractivity contribution >= 4 is 14.1 Å². The van der Waals surface area contributed by atoms with Crippen LogP contribution in [0.15, 0.2) is 59.7 Å². The van der Waals surface area contributed by atoms with Gasteiger partial charge >= 0.3 is 0 Å². The second-order valence-electron chi connectivity index (χ2n) is 15.8. The maximum Gasteiger partial charge on any atom is 0.191 e. The Morgan fingerprint density at radius 3 is 2.57 bits per heavy atom. The molecule has 0 aliphatic heterocycles. The van der Waals surface area contributed by atoms with Crippen LogP contribution in [0, 0.1) is 35.0 Å². The van der Waals surface area contributed by atoms with Crippen LogP contribution >= 0.6 is 0 Å². The van der Waals surface area contributed by atoms with Crippen molar-refractivity contribution in [3.05, 3.63) is 65.3 Å². The predicted octanol–water partition coefficient (Wildman–Crippen LogP) is 10.1. The molecule has 0 aromatic heterocycles. The summed E-state index contributed by atoms with van der Waals surface area (Å²) in [6, 6.07) is 8.04. The van der Waals surface area contributed by atoms with E-state index in [9.17, 15) is 4.79 Å². The molecular formula is C39H60O4Si. The Kier molecular flexibility index (Phi) is 11.6. The van der Waals surface area contributed by atoms with Gasteiger partial charge in [-0.05, 0) is 111 Å². The fraction of sp³-hybridized carbons (Fsp3) is 0.667. The quantitative estimate of drug-likeness (QED) is 0.145. The molecule has 2 fully saturated rings. The lowest BCUT2D eigenvalue weighted by Crippen LogP contribution is -2.43. The van der Waals surface area contributed by atoms with Crippen molar-refractivity contribution in [2.24, 2.45) is 35.0 Å². The summed E-state index contributed by atoms with van der Waals surface area (Å²) in [5.41, 5.74) is 4.24. The van der Waals surface area contributed by atoms with E-state index in [-0.39, 0.29) is 28.2 Å². The van der Waals surface area contributed by atoms with Gasteiger partial charge in [0.1, 0.15) is 11.5 Å². The molecule has 0 heterocycles. The lowest BCUT2D eigenvalue weighted by atomic mass is 9.78. The summed E-state index contributed by atoms with van der Waals surface area (Å²) in [6.45, 7) is 20.4. The number of rotatable bonds is 15. The van der Waals surface area contributed by atoms with Crippen LogP contribution in [0.25, 0.3) is 0 Å². The molecule has 0 N–H and O–H groups in total. The second-order valence-corrected chi connectivity index (χ2v) is 20.6. The molecule has 0 bridgehead atoms. The van der Waals surface area contributed by atoms with Crippen molar-refractivity contribution in [1.82, 2.24) is 0 Å². The molecule has 0 saturated heterocycles. The smallest absolute Gasteiger partial charge is 0.191 e. The lowest BCUT2D eigenvalue weighted by molar-refractivity contribution is -0.127. The van der Waals surface area contributed by atoms with Crippen LogP contribution in [-0.4, -0.2) is 34.4 Å². The number of hydrogen-bond acceptors (Lipinski definition) is 4. The number of ether oxygens (including phenoxy) is 2. The third-order valence-corrected chi connectivity index (χ3v) is 15.9. The predicted molar refractivity (Wildman–Crippen MR) is 185 cm³/mol. The minimum absolute atomic E-state index is 0.113. The largest absolute Gasteiger partial charge is 0.497 e. The van der Waals surface area contributed by atoms with E-state index in [0.717, 1.165) is 49.8 Å². The highest BCUT2D eigenvalue weighted by atomic mass is 28.4. The Labute approximate surface area is 269 Å². The van der Waals surface area contributed by atoms with Crippen molar-refractivity contribution < 1.29 is 18.7 Å². The summed E-state index contributed by atoms with van der Waals surface area (Å²) in [5.74, 6) is 3.04. The molecule has 2 saturated carbocycles. The first-order valence-electron chi connectivity index (χ1n) is 17.2. The standard InChI is InChI=1S/C39H60O4Si/c1-28(13-10-15-29(2)25-42-26-30-18-21-33(41-7)22-19-30)14-11-16-32(27-43-44(8,9)38(3,4)5)34-23-20-31-17-12-24-39(6)35(31)36(39)37(34)40/h11,14-15,17-19,21-22,28,32,34-36H,10,12-13,16,20,23-27H2,1-9H3/b14-11+,29-15+/t28-,32-,34-,35+,36+,39+/m1/s1. The maximum absolute atomic E-state index is 14.1. The van der Waals surface area contributed by atoms with Crippen molar-refractivity contribution in [1.29, 1.82) is 0 Å². The Bertz CT molecular complexity index is 1200. The molecule has 0 spiro atoms. The van der Waals surface area contributed by atoms with Gasteiger partial charge in [0.2, 0.25) is 0 Å². The number of ketones is 1. The Hall–Kier alpha value is -1.95. The molecule has 44 heavy (non-hydrogen) atoms. The molecule has 3 aliphatic rings. The fourth-order valence-corrected chi connectivity index (χ4v) is 8.35. The van der Waals surface area contributed by atoms with Crippen LogP contribution in [0.1, 0.15) is 92.1 Å². The Balaban J connectivity index is 1.30. The van der Waals surface area contributed by atoms with Gasteiger partial charge < -0.3 is 13.9 Å². The highest BCUT2D eigenvalue weighted by molar-refractivity contribution is 6.74. The van der Waals surface area contributed by atoms with Crippen molar-refractivity contribution in [3.8, 4) is 5.75 Å². The van der Waals surface area contributed by atoms with Crippen LogP contribution in [0.2, 0.25) is 18.1 Å². The third kappa shape index (κ3) is 8.44. The number of fused-ring (bicyclic) bond motifs is 1. The summed E-state index contributed by atoms with van der Waals surface area (Å²) < 4.78 is 18.0. The normalized spacial score (nSPS) is 27.0. The lowest BCUT2D eigenvalue weighted by Gasteiger charge is -2.38. The minimum atomic E-state index is -1.90. The average molecular weight is 621 g/mol. The first kappa shape index (κ1) is 34.9. The Morgan fingerprint density at radius 1 is 1.16 bits per heavy atom. The molecule has 0 amide bonds. The summed E-state index contributed by atoms with van der Waals surface area (Å²) in [6.07, 6.45) is 17.0. The molecule has 4 nitrogen and oxygen atoms in total. The van der Waals surface area contributed by atoms with E-state index in [2.05, 4.69) is 78.9 Å². The number of carbonyl (C=O) groups is 1. The van der Waals surface area contributed by atoms with Gasteiger partial charge in [0.15, 0.2) is 8.32 Å². The first-order chi connectivity index (χ1) is 20.8. The van der Waals surface area contributed by atoms with Crippen LogP contribution in [0.3, 0.4) is 0 Å². The number of benzene rings is 1. The molecule has 1 aromatic carbocycles. The zero-order valence-electron chi connectivity index (χ0n) is 29.2. The molecule has 0 unspecified atom stereocenters. The first-order valence-corrected chi connectivity index (χ1v) is 20.1. The number of allylic oxidation sites excluding steroid dienone is 5. The van der Waals surface area contributed by atoms with E-state index in [4.69, 9.17) is 13.9 Å². The summed E-state index contributed by atoms with van der Waals surface area (Å²) in [5, 5.41) is 0.165. The van der Waals surface area contributed by atoms with Crippen LogP contribution in [-0.2, 0) is 20.6 Å². The van der Waals surface area contributed by atoms with Gasteiger partial charge in [-0.25, -0.2) is 0 Å². The fourth-order valence-electron chi connectivity index (χ4n) is 7.28. The van der Waals surface area contributed by atoms with Crippen LogP contribution in [0.4, 0.5) is 0 Å². The monoisotopic (exact) mass is 620 g/mol. The SMILES string of the molecule is COc1ccc(COC/C(C)=C/CC[C@@H](C)/C=C/C[C@H](CO[Si](C)(C)C(C)(C)C)[C@H]2CCC3=CCC[C@]4(C)[C@H](C2=O)[C@H]34)cc1. The molecule has 244 valence electrons. The molecule has 0 radical (unpaired) electrons. The average Bonchev–Trinajstić information content (AvgIpc) is 3.64. The maximum atomic E-state index is 14.1. The highest BCUT2D eigenvalue weighted by Crippen LogP contribution is 2.69. The van der Waals surface area contributed by atoms with Crippen LogP contribution < -0.4 is 4.74 Å². The number of hydrogen-bond donors (Lipinski definition) is 0. The van der Waals surface area contributed by atoms with E-state index in [1.807, 2.05) is 24.3 Å². The van der Waals surface area contributed by atoms with Gasteiger partial charge in [0.25, 0.3) is 0 Å². The number of carbonyl (C=O) groups excluding carboxylic acids is 1. The molecule has 1 aromatic rings. The zero-order valence-corrected chi connectivity index (χ0v) is 30.2. The van der Waals surface area contributed by atoms with E-state index < -0.39 is 8.32 Å². The molecular weight excluding hydrogens is 561 g/mol. The summed E-state index contributed by atoms with van der Waals surface area (Å²) in [7, 11) is -0.217. The van der Waals surface area contributed by atoms with Gasteiger partial charge in [0.05, 0.1) is 20.3 Å². The van der Waals surface area contributed by atoms with Crippen molar-refractivity contribution in [2.75, 3.05) is 20.3 Å². The van der Waals surface area contributed by atoms with Gasteiger partial charge in [-0.2, -0.15) is 0 Å². The van der Waals surface area contributed by atoms with E-state index in [0.29, 0.717) is 37.4 Å². The minimum Gasteiger partial charge on any atom is -0.497 e. The number of methoxy groups -OCH3 is 1. The van der Waals surface area contributed by atoms with E-state index in [1.54, 1.807) is 12.7 Å². The second kappa shape index (κ2) is 14.6. The third-order valence-electron chi connectivity index (χ3n) is 11.4. The zero-order chi connectivity index (χ0) is 32.1. The van der Waals surface area contributed by atoms with E-state index >= 15 is 0 Å². The molecule has 4 rings (SSSR count). The van der Waals surface area contributed by atoms with Gasteiger partial charge in [-0.15, -0.1) is 0 Å². The molecule has 6 atom stereocenters. The van der Waals surface area contributed by atoms with Gasteiger partial charge in [-0.1, -0.05) is 82.2 Å². The molecule has 3 aliphatic carbocycles.